The van der Waals surface area contributed by atoms with Gasteiger partial charge in [0.05, 0.1) is 17.9 Å². The van der Waals surface area contributed by atoms with E-state index in [2.05, 4.69) is 20.5 Å². The van der Waals surface area contributed by atoms with Gasteiger partial charge in [-0.25, -0.2) is 9.78 Å². The number of amides is 2. The third kappa shape index (κ3) is 6.67. The van der Waals surface area contributed by atoms with E-state index in [9.17, 15) is 14.4 Å². The molecule has 0 unspecified atom stereocenters. The van der Waals surface area contributed by atoms with Crippen LogP contribution in [-0.2, 0) is 9.59 Å². The Kier molecular flexibility index (Phi) is 8.49. The van der Waals surface area contributed by atoms with Gasteiger partial charge in [-0.3, -0.25) is 9.59 Å². The number of hydrogen-bond donors (Lipinski definition) is 2. The number of carbonyl (C=O) groups is 2. The summed E-state index contributed by atoms with van der Waals surface area (Å²) in [5, 5.41) is 8.34. The molecule has 0 radical (unpaired) electrons. The monoisotopic (exact) mass is 498 g/mol. The lowest BCUT2D eigenvalue weighted by molar-refractivity contribution is -0.124. The summed E-state index contributed by atoms with van der Waals surface area (Å²) in [6.45, 7) is 6.23. The molecule has 0 bridgehead atoms. The molecule has 2 aromatic heterocycles. The molecule has 10 heteroatoms. The van der Waals surface area contributed by atoms with Crippen LogP contribution in [0.1, 0.15) is 39.0 Å². The SMILES string of the molecule is CCOc1cccc2cc(-c3csc(NC(=O)CCC(=O)NCCCN4CCCC4)n3)c(=O)oc12. The Balaban J connectivity index is 1.28. The van der Waals surface area contributed by atoms with Crippen molar-refractivity contribution in [3.63, 3.8) is 0 Å². The van der Waals surface area contributed by atoms with E-state index in [1.807, 2.05) is 19.1 Å². The smallest absolute Gasteiger partial charge is 0.345 e. The molecule has 0 atom stereocenters. The van der Waals surface area contributed by atoms with Gasteiger partial charge in [0, 0.05) is 30.2 Å². The Bertz CT molecular complexity index is 1230. The largest absolute Gasteiger partial charge is 0.490 e. The zero-order chi connectivity index (χ0) is 24.6. The fourth-order valence-corrected chi connectivity index (χ4v) is 4.78. The molecule has 3 aromatic rings. The van der Waals surface area contributed by atoms with Crippen LogP contribution in [0.3, 0.4) is 0 Å². The third-order valence-corrected chi connectivity index (χ3v) is 6.56. The van der Waals surface area contributed by atoms with Gasteiger partial charge in [0.2, 0.25) is 11.8 Å². The first-order chi connectivity index (χ1) is 17.0. The number of nitrogens with one attached hydrogen (secondary N) is 2. The normalized spacial score (nSPS) is 13.7. The van der Waals surface area contributed by atoms with Crippen molar-refractivity contribution >= 4 is 39.3 Å². The Hall–Kier alpha value is -3.24. The first-order valence-corrected chi connectivity index (χ1v) is 12.9. The third-order valence-electron chi connectivity index (χ3n) is 5.80. The summed E-state index contributed by atoms with van der Waals surface area (Å²) in [6, 6.07) is 7.11. The van der Waals surface area contributed by atoms with Gasteiger partial charge in [-0.1, -0.05) is 12.1 Å². The van der Waals surface area contributed by atoms with Crippen molar-refractivity contribution in [1.82, 2.24) is 15.2 Å². The lowest BCUT2D eigenvalue weighted by Crippen LogP contribution is -2.29. The molecule has 2 amide bonds. The number of anilines is 1. The fraction of sp³-hybridized carbons (Fsp3) is 0.440. The van der Waals surface area contributed by atoms with E-state index in [0.717, 1.165) is 31.4 Å². The van der Waals surface area contributed by atoms with Gasteiger partial charge in [-0.05, 0) is 58.0 Å². The minimum Gasteiger partial charge on any atom is -0.490 e. The molecule has 0 spiro atoms. The number of hydrogen-bond acceptors (Lipinski definition) is 8. The van der Waals surface area contributed by atoms with Crippen LogP contribution >= 0.6 is 11.3 Å². The Morgan fingerprint density at radius 3 is 2.80 bits per heavy atom. The van der Waals surface area contributed by atoms with E-state index in [0.29, 0.717) is 40.9 Å². The second-order valence-electron chi connectivity index (χ2n) is 8.39. The predicted octanol–water partition coefficient (Wildman–Crippen LogP) is 3.64. The van der Waals surface area contributed by atoms with Gasteiger partial charge >= 0.3 is 5.63 Å². The van der Waals surface area contributed by atoms with Crippen LogP contribution in [-0.4, -0.2) is 54.5 Å². The van der Waals surface area contributed by atoms with Gasteiger partial charge in [0.1, 0.15) is 0 Å². The predicted molar refractivity (Wildman–Crippen MR) is 136 cm³/mol. The standard InChI is InChI=1S/C25H30N4O5S/c1-2-33-20-8-5-7-17-15-18(24(32)34-23(17)20)19-16-35-25(27-19)28-22(31)10-9-21(30)26-11-6-14-29-12-3-4-13-29/h5,7-8,15-16H,2-4,6,9-14H2,1H3,(H,26,30)(H,27,28,31). The molecule has 1 aliphatic rings. The molecule has 2 N–H and O–H groups in total. The first-order valence-electron chi connectivity index (χ1n) is 12.0. The number of likely N-dealkylation sites (tertiary alicyclic amines) is 1. The van der Waals surface area contributed by atoms with Crippen LogP contribution in [0.15, 0.2) is 38.9 Å². The number of rotatable bonds is 11. The molecular formula is C25H30N4O5S. The molecule has 1 saturated heterocycles. The number of para-hydroxylation sites is 1. The van der Waals surface area contributed by atoms with Crippen molar-refractivity contribution in [2.24, 2.45) is 0 Å². The van der Waals surface area contributed by atoms with Crippen molar-refractivity contribution in [3.05, 3.63) is 40.1 Å². The molecule has 9 nitrogen and oxygen atoms in total. The van der Waals surface area contributed by atoms with Gasteiger partial charge in [-0.15, -0.1) is 11.3 Å². The van der Waals surface area contributed by atoms with Crippen LogP contribution in [0.2, 0.25) is 0 Å². The number of aromatic nitrogens is 1. The number of carbonyl (C=O) groups excluding carboxylic acids is 2. The van der Waals surface area contributed by atoms with Crippen molar-refractivity contribution in [3.8, 4) is 17.0 Å². The minimum atomic E-state index is -0.533. The molecular weight excluding hydrogens is 468 g/mol. The van der Waals surface area contributed by atoms with Crippen LogP contribution in [0, 0.1) is 0 Å². The van der Waals surface area contributed by atoms with E-state index >= 15 is 0 Å². The topological polar surface area (TPSA) is 114 Å². The zero-order valence-electron chi connectivity index (χ0n) is 19.8. The average Bonchev–Trinajstić information content (AvgIpc) is 3.53. The van der Waals surface area contributed by atoms with Crippen molar-refractivity contribution in [2.45, 2.75) is 39.0 Å². The molecule has 3 heterocycles. The highest BCUT2D eigenvalue weighted by molar-refractivity contribution is 7.14. The number of benzene rings is 1. The number of fused-ring (bicyclic) bond motifs is 1. The van der Waals surface area contributed by atoms with Crippen LogP contribution in [0.5, 0.6) is 5.75 Å². The maximum Gasteiger partial charge on any atom is 0.345 e. The second-order valence-corrected chi connectivity index (χ2v) is 9.25. The quantitative estimate of drug-likeness (QED) is 0.306. The zero-order valence-corrected chi connectivity index (χ0v) is 20.6. The second kappa shape index (κ2) is 11.9. The molecule has 0 aliphatic carbocycles. The highest BCUT2D eigenvalue weighted by atomic mass is 32.1. The molecule has 186 valence electrons. The van der Waals surface area contributed by atoms with Crippen molar-refractivity contribution in [2.75, 3.05) is 38.1 Å². The summed E-state index contributed by atoms with van der Waals surface area (Å²) in [5.41, 5.74) is 0.574. The summed E-state index contributed by atoms with van der Waals surface area (Å²) < 4.78 is 11.0. The number of nitrogens with zero attached hydrogens (tertiary/aromatic N) is 2. The van der Waals surface area contributed by atoms with Gasteiger partial charge in [0.15, 0.2) is 16.5 Å². The van der Waals surface area contributed by atoms with Crippen molar-refractivity contribution in [1.29, 1.82) is 0 Å². The van der Waals surface area contributed by atoms with Crippen LogP contribution < -0.4 is 21.0 Å². The Morgan fingerprint density at radius 2 is 2.00 bits per heavy atom. The van der Waals surface area contributed by atoms with E-state index < -0.39 is 5.63 Å². The summed E-state index contributed by atoms with van der Waals surface area (Å²) >= 11 is 1.21. The lowest BCUT2D eigenvalue weighted by atomic mass is 10.1. The first kappa shape index (κ1) is 24.9. The summed E-state index contributed by atoms with van der Waals surface area (Å²) in [5.74, 6) is 0.0714. The minimum absolute atomic E-state index is 0.0607. The van der Waals surface area contributed by atoms with Crippen LogP contribution in [0.4, 0.5) is 5.13 Å². The average molecular weight is 499 g/mol. The van der Waals surface area contributed by atoms with Crippen LogP contribution in [0.25, 0.3) is 22.2 Å². The summed E-state index contributed by atoms with van der Waals surface area (Å²) in [4.78, 5) is 43.7. The Labute approximate surface area is 207 Å². The van der Waals surface area contributed by atoms with E-state index in [1.54, 1.807) is 17.5 Å². The molecule has 1 aromatic carbocycles. The van der Waals surface area contributed by atoms with Gasteiger partial charge < -0.3 is 24.7 Å². The Morgan fingerprint density at radius 1 is 1.20 bits per heavy atom. The lowest BCUT2D eigenvalue weighted by Gasteiger charge is -2.14. The fourth-order valence-electron chi connectivity index (χ4n) is 4.05. The highest BCUT2D eigenvalue weighted by Crippen LogP contribution is 2.29. The molecule has 35 heavy (non-hydrogen) atoms. The van der Waals surface area contributed by atoms with E-state index in [4.69, 9.17) is 9.15 Å². The molecule has 4 rings (SSSR count). The number of thiazole rings is 1. The molecule has 0 saturated carbocycles. The summed E-state index contributed by atoms with van der Waals surface area (Å²) in [6.07, 6.45) is 3.60. The highest BCUT2D eigenvalue weighted by Gasteiger charge is 2.16. The molecule has 1 fully saturated rings. The molecule has 1 aliphatic heterocycles. The number of ether oxygens (including phenoxy) is 1. The van der Waals surface area contributed by atoms with Gasteiger partial charge in [0.25, 0.3) is 0 Å². The van der Waals surface area contributed by atoms with E-state index in [1.165, 1.54) is 24.2 Å². The maximum absolute atomic E-state index is 12.6. The summed E-state index contributed by atoms with van der Waals surface area (Å²) in [7, 11) is 0. The maximum atomic E-state index is 12.6. The van der Waals surface area contributed by atoms with E-state index in [-0.39, 0.29) is 24.7 Å². The van der Waals surface area contributed by atoms with Crippen molar-refractivity contribution < 1.29 is 18.7 Å². The van der Waals surface area contributed by atoms with Gasteiger partial charge in [-0.2, -0.15) is 0 Å².